The van der Waals surface area contributed by atoms with Crippen molar-refractivity contribution in [3.63, 3.8) is 0 Å². The maximum atomic E-state index is 3.57. The van der Waals surface area contributed by atoms with Gasteiger partial charge in [-0.25, -0.2) is 0 Å². The number of hydrogen-bond donors (Lipinski definition) is 0. The number of nitrogens with zero attached hydrogens (tertiary/aromatic N) is 1. The number of hydrogen-bond acceptors (Lipinski definition) is 1. The Morgan fingerprint density at radius 2 is 1.34 bits per heavy atom. The average Bonchev–Trinajstić information content (AvgIpc) is 3.74. The molecule has 0 saturated carbocycles. The summed E-state index contributed by atoms with van der Waals surface area (Å²) in [7, 11) is 0. The monoisotopic (exact) mass is 703 g/mol. The summed E-state index contributed by atoms with van der Waals surface area (Å²) in [5, 5.41) is 7.96. The summed E-state index contributed by atoms with van der Waals surface area (Å²) in [4.78, 5) is 2.44. The van der Waals surface area contributed by atoms with Crippen LogP contribution in [0.4, 0.5) is 5.69 Å². The summed E-state index contributed by atoms with van der Waals surface area (Å²) >= 11 is 1.36. The first kappa shape index (κ1) is 36.2. The number of rotatable bonds is 3. The molecule has 1 aliphatic carbocycles. The minimum absolute atomic E-state index is 0. The summed E-state index contributed by atoms with van der Waals surface area (Å²) in [5.74, 6) is 0.517. The van der Waals surface area contributed by atoms with Gasteiger partial charge in [0.25, 0.3) is 0 Å². The van der Waals surface area contributed by atoms with E-state index >= 15 is 0 Å². The minimum atomic E-state index is 0. The number of anilines is 1. The van der Waals surface area contributed by atoms with Crippen molar-refractivity contribution in [3.05, 3.63) is 170 Å². The molecule has 0 aromatic heterocycles. The van der Waals surface area contributed by atoms with Crippen LogP contribution < -0.4 is 4.90 Å². The van der Waals surface area contributed by atoms with E-state index in [1.165, 1.54) is 100 Å². The molecule has 3 heteroatoms. The quantitative estimate of drug-likeness (QED) is 0.131. The normalized spacial score (nSPS) is 14.6. The van der Waals surface area contributed by atoms with Crippen LogP contribution in [0.25, 0.3) is 43.4 Å². The van der Waals surface area contributed by atoms with Crippen LogP contribution in [-0.4, -0.2) is 12.9 Å². The molecule has 236 valence electrons. The van der Waals surface area contributed by atoms with Gasteiger partial charge < -0.3 is 19.8 Å². The van der Waals surface area contributed by atoms with Crippen molar-refractivity contribution in [2.45, 2.75) is 40.7 Å². The number of fused-ring (bicyclic) bond motifs is 4. The second-order valence-electron chi connectivity index (χ2n) is 12.3. The molecule has 0 saturated heterocycles. The maximum absolute atomic E-state index is 3.57. The van der Waals surface area contributed by atoms with E-state index in [1.54, 1.807) is 0 Å². The summed E-state index contributed by atoms with van der Waals surface area (Å²) in [6.45, 7) is 14.1. The Balaban J connectivity index is 0.000000195. The molecule has 8 rings (SSSR count). The first-order chi connectivity index (χ1) is 21.9. The van der Waals surface area contributed by atoms with Gasteiger partial charge in [0.15, 0.2) is 0 Å². The van der Waals surface area contributed by atoms with Gasteiger partial charge >= 0.3 is 30.2 Å². The molecule has 0 fully saturated rings. The van der Waals surface area contributed by atoms with Crippen molar-refractivity contribution in [2.75, 3.05) is 4.90 Å². The van der Waals surface area contributed by atoms with E-state index in [1.807, 2.05) is 0 Å². The van der Waals surface area contributed by atoms with E-state index in [4.69, 9.17) is 0 Å². The Labute approximate surface area is 299 Å². The molecule has 0 amide bonds. The van der Waals surface area contributed by atoms with Gasteiger partial charge in [0.2, 0.25) is 0 Å². The van der Waals surface area contributed by atoms with E-state index < -0.39 is 0 Å². The summed E-state index contributed by atoms with van der Waals surface area (Å²) in [5.41, 5.74) is 10.5. The molecule has 2 radical (unpaired) electrons. The molecule has 0 spiro atoms. The van der Waals surface area contributed by atoms with Gasteiger partial charge in [-0.3, -0.25) is 0 Å². The van der Waals surface area contributed by atoms with Crippen molar-refractivity contribution in [1.82, 2.24) is 0 Å². The third kappa shape index (κ3) is 6.99. The Morgan fingerprint density at radius 1 is 0.745 bits per heavy atom. The van der Waals surface area contributed by atoms with Crippen LogP contribution in [0.5, 0.6) is 0 Å². The SMILES string of the molecule is CC(C)C1=[C-]C2=CC(C)N(c3cccc4ccccc34)C2=C1.Cc1cc2c(-c3cccc4ccccc34)ccc(C)c2[cH-]1.[CH3-].[CH3-].[Si]=[Zr]. The fourth-order valence-electron chi connectivity index (χ4n) is 6.71. The Bertz CT molecular complexity index is 2120. The van der Waals surface area contributed by atoms with Gasteiger partial charge in [0, 0.05) is 17.1 Å². The molecule has 1 nitrogen and oxygen atoms in total. The van der Waals surface area contributed by atoms with Gasteiger partial charge in [-0.1, -0.05) is 124 Å². The van der Waals surface area contributed by atoms with Gasteiger partial charge in [-0.2, -0.15) is 6.07 Å². The van der Waals surface area contributed by atoms with Crippen molar-refractivity contribution in [3.8, 4) is 11.1 Å². The fraction of sp³-hybridized carbons (Fsp3) is 0.159. The number of benzene rings is 5. The predicted molar refractivity (Wildman–Crippen MR) is 204 cm³/mol. The van der Waals surface area contributed by atoms with Crippen LogP contribution >= 0.6 is 0 Å². The topological polar surface area (TPSA) is 3.24 Å². The van der Waals surface area contributed by atoms with E-state index in [-0.39, 0.29) is 14.9 Å². The second kappa shape index (κ2) is 15.5. The summed E-state index contributed by atoms with van der Waals surface area (Å²) in [6, 6.07) is 39.8. The molecule has 0 bridgehead atoms. The first-order valence-corrected chi connectivity index (χ1v) is 19.8. The summed E-state index contributed by atoms with van der Waals surface area (Å²) in [6.07, 6.45) is 8.20. The molecule has 1 heterocycles. The second-order valence-corrected chi connectivity index (χ2v) is 12.3. The predicted octanol–water partition coefficient (Wildman–Crippen LogP) is 11.8. The molecule has 6 aromatic rings. The molecule has 1 unspecified atom stereocenters. The summed E-state index contributed by atoms with van der Waals surface area (Å²) < 4.78 is 0. The molecular weight excluding hydrogens is 662 g/mol. The van der Waals surface area contributed by atoms with Gasteiger partial charge in [0.05, 0.1) is 0 Å². The zero-order valence-electron chi connectivity index (χ0n) is 28.6. The van der Waals surface area contributed by atoms with Gasteiger partial charge in [-0.15, -0.1) is 63.4 Å². The molecule has 2 aliphatic rings. The fourth-order valence-corrected chi connectivity index (χ4v) is 6.71. The Morgan fingerprint density at radius 3 is 2.04 bits per heavy atom. The molecule has 6 aromatic carbocycles. The van der Waals surface area contributed by atoms with Crippen molar-refractivity contribution >= 4 is 44.9 Å². The van der Waals surface area contributed by atoms with Crippen molar-refractivity contribution < 1.29 is 23.3 Å². The van der Waals surface area contributed by atoms with E-state index in [0.717, 1.165) is 0 Å². The molecule has 1 aliphatic heterocycles. The third-order valence-corrected chi connectivity index (χ3v) is 8.90. The molecular formula is C44H43NSiZr-4. The zero-order chi connectivity index (χ0) is 31.7. The van der Waals surface area contributed by atoms with E-state index in [0.29, 0.717) is 12.0 Å². The Hall–Kier alpha value is -3.65. The zero-order valence-corrected chi connectivity index (χ0v) is 32.1. The van der Waals surface area contributed by atoms with E-state index in [9.17, 15) is 0 Å². The van der Waals surface area contributed by atoms with Crippen molar-refractivity contribution in [2.24, 2.45) is 5.92 Å². The van der Waals surface area contributed by atoms with Gasteiger partial charge in [-0.05, 0) is 40.6 Å². The van der Waals surface area contributed by atoms with Crippen molar-refractivity contribution in [1.29, 1.82) is 0 Å². The molecule has 0 N–H and O–H groups in total. The number of allylic oxidation sites excluding steroid dienone is 3. The third-order valence-electron chi connectivity index (χ3n) is 8.90. The average molecular weight is 705 g/mol. The first-order valence-electron chi connectivity index (χ1n) is 15.6. The Kier molecular flexibility index (Phi) is 11.9. The molecule has 47 heavy (non-hydrogen) atoms. The van der Waals surface area contributed by atoms with Crippen LogP contribution in [0.15, 0.2) is 138 Å². The van der Waals surface area contributed by atoms with E-state index in [2.05, 4.69) is 174 Å². The standard InChI is InChI=1S/C21H20N.C21H17.2CH3.Si.Zr/c1-14(2)17-12-18-11-15(3)22(21(18)13-17)20-10-6-8-16-7-4-5-9-19(16)20;1-14-12-20-15(2)10-11-19(21(20)13-14)18-9-5-7-16-6-3-4-8-17(16)18;;;;/h4-11,13-15H,1-3H3;3-13H,1-2H3;2*1H3;;/q4*-1;;. The van der Waals surface area contributed by atoms with Crippen LogP contribution in [0.2, 0.25) is 0 Å². The van der Waals surface area contributed by atoms with Crippen LogP contribution in [-0.2, 0) is 23.3 Å². The molecule has 1 atom stereocenters. The number of aryl methyl sites for hydroxylation is 2. The van der Waals surface area contributed by atoms with Crippen LogP contribution in [0, 0.1) is 40.7 Å². The van der Waals surface area contributed by atoms with Gasteiger partial charge in [0.1, 0.15) is 0 Å². The van der Waals surface area contributed by atoms with Crippen LogP contribution in [0.1, 0.15) is 31.9 Å². The van der Waals surface area contributed by atoms with Crippen LogP contribution in [0.3, 0.4) is 0 Å².